The molecule has 0 saturated heterocycles. The molecule has 4 nitrogen and oxygen atoms in total. The molecule has 0 saturated carbocycles. The summed E-state index contributed by atoms with van der Waals surface area (Å²) < 4.78 is 31.5. The van der Waals surface area contributed by atoms with Crippen LogP contribution < -0.4 is 5.73 Å². The third-order valence-electron chi connectivity index (χ3n) is 2.91. The van der Waals surface area contributed by atoms with Crippen LogP contribution in [0.4, 0.5) is 10.1 Å². The van der Waals surface area contributed by atoms with Crippen molar-refractivity contribution < 1.29 is 13.0 Å². The second-order valence-corrected chi connectivity index (χ2v) is 6.15. The molecule has 1 aromatic heterocycles. The van der Waals surface area contributed by atoms with Gasteiger partial charge in [-0.3, -0.25) is 0 Å². The highest BCUT2D eigenvalue weighted by Crippen LogP contribution is 2.24. The van der Waals surface area contributed by atoms with Crippen molar-refractivity contribution in [1.82, 2.24) is 4.98 Å². The fraction of sp³-hybridized carbons (Fsp3) is 0.0714. The number of halogens is 2. The minimum atomic E-state index is -1.61. The molecule has 21 heavy (non-hydrogen) atoms. The standard InChI is InChI=1S/C14H10ClFN2O2S/c15-10-3-1-2-8(13(10)16)7-21(19)14-18-11-5-4-9(17)6-12(11)20-14/h1-6H,7,17H2. The number of aromatic nitrogens is 1. The minimum Gasteiger partial charge on any atom is -0.430 e. The molecule has 108 valence electrons. The van der Waals surface area contributed by atoms with Gasteiger partial charge in [-0.25, -0.2) is 13.6 Å². The van der Waals surface area contributed by atoms with Crippen LogP contribution in [0.5, 0.6) is 0 Å². The number of fused-ring (bicyclic) bond motifs is 1. The Kier molecular flexibility index (Phi) is 3.65. The maximum atomic E-state index is 13.8. The van der Waals surface area contributed by atoms with Gasteiger partial charge in [0.05, 0.1) is 10.8 Å². The highest BCUT2D eigenvalue weighted by atomic mass is 35.5. The van der Waals surface area contributed by atoms with Crippen molar-refractivity contribution in [3.05, 3.63) is 52.8 Å². The monoisotopic (exact) mass is 324 g/mol. The summed E-state index contributed by atoms with van der Waals surface area (Å²) in [5.41, 5.74) is 7.42. The van der Waals surface area contributed by atoms with Crippen LogP contribution >= 0.6 is 11.6 Å². The zero-order chi connectivity index (χ0) is 15.0. The fourth-order valence-electron chi connectivity index (χ4n) is 1.88. The van der Waals surface area contributed by atoms with Crippen LogP contribution in [0.2, 0.25) is 5.02 Å². The van der Waals surface area contributed by atoms with Gasteiger partial charge in [-0.2, -0.15) is 0 Å². The Morgan fingerprint density at radius 2 is 2.14 bits per heavy atom. The Bertz CT molecular complexity index is 850. The second kappa shape index (κ2) is 5.46. The predicted molar refractivity (Wildman–Crippen MR) is 79.9 cm³/mol. The van der Waals surface area contributed by atoms with E-state index >= 15 is 0 Å². The number of nitrogen functional groups attached to an aromatic ring is 1. The van der Waals surface area contributed by atoms with Gasteiger partial charge in [-0.05, 0) is 18.2 Å². The van der Waals surface area contributed by atoms with Gasteiger partial charge in [-0.15, -0.1) is 0 Å². The van der Waals surface area contributed by atoms with Crippen molar-refractivity contribution in [1.29, 1.82) is 0 Å². The molecule has 1 heterocycles. The van der Waals surface area contributed by atoms with Gasteiger partial charge in [0.15, 0.2) is 5.58 Å². The maximum Gasteiger partial charge on any atom is 0.288 e. The molecule has 0 bridgehead atoms. The first kappa shape index (κ1) is 14.0. The summed E-state index contributed by atoms with van der Waals surface area (Å²) in [5.74, 6) is -0.637. The lowest BCUT2D eigenvalue weighted by Crippen LogP contribution is -1.99. The normalized spacial score (nSPS) is 12.7. The van der Waals surface area contributed by atoms with E-state index in [1.807, 2.05) is 0 Å². The van der Waals surface area contributed by atoms with Crippen LogP contribution in [0.15, 0.2) is 46.0 Å². The van der Waals surface area contributed by atoms with Crippen molar-refractivity contribution in [2.45, 2.75) is 11.0 Å². The van der Waals surface area contributed by atoms with Crippen LogP contribution in [0.1, 0.15) is 5.56 Å². The third-order valence-corrected chi connectivity index (χ3v) is 4.34. The lowest BCUT2D eigenvalue weighted by molar-refractivity contribution is 0.477. The molecule has 1 unspecified atom stereocenters. The summed E-state index contributed by atoms with van der Waals surface area (Å²) in [7, 11) is -1.61. The molecular formula is C14H10ClFN2O2S. The van der Waals surface area contributed by atoms with Crippen molar-refractivity contribution >= 4 is 39.2 Å². The van der Waals surface area contributed by atoms with E-state index in [1.54, 1.807) is 24.3 Å². The van der Waals surface area contributed by atoms with E-state index in [0.717, 1.165) is 0 Å². The smallest absolute Gasteiger partial charge is 0.288 e. The number of nitrogens with zero attached hydrogens (tertiary/aromatic N) is 1. The lowest BCUT2D eigenvalue weighted by atomic mass is 10.2. The van der Waals surface area contributed by atoms with E-state index in [-0.39, 0.29) is 21.6 Å². The quantitative estimate of drug-likeness (QED) is 0.748. The highest BCUT2D eigenvalue weighted by molar-refractivity contribution is 7.84. The van der Waals surface area contributed by atoms with E-state index in [2.05, 4.69) is 4.98 Å². The van der Waals surface area contributed by atoms with Gasteiger partial charge in [0.1, 0.15) is 22.1 Å². The molecule has 0 spiro atoms. The lowest BCUT2D eigenvalue weighted by Gasteiger charge is -2.02. The molecule has 0 aliphatic heterocycles. The maximum absolute atomic E-state index is 13.8. The number of hydrogen-bond donors (Lipinski definition) is 1. The predicted octanol–water partition coefficient (Wildman–Crippen LogP) is 3.51. The van der Waals surface area contributed by atoms with Gasteiger partial charge in [0, 0.05) is 17.3 Å². The number of hydrogen-bond acceptors (Lipinski definition) is 4. The van der Waals surface area contributed by atoms with Gasteiger partial charge in [0.2, 0.25) is 0 Å². The van der Waals surface area contributed by atoms with Crippen molar-refractivity contribution in [2.24, 2.45) is 0 Å². The molecule has 0 radical (unpaired) electrons. The van der Waals surface area contributed by atoms with Crippen molar-refractivity contribution in [3.63, 3.8) is 0 Å². The topological polar surface area (TPSA) is 69.1 Å². The van der Waals surface area contributed by atoms with Crippen LogP contribution in [0.25, 0.3) is 11.1 Å². The molecule has 0 aliphatic rings. The molecule has 0 aliphatic carbocycles. The molecule has 2 N–H and O–H groups in total. The summed E-state index contributed by atoms with van der Waals surface area (Å²) in [6.07, 6.45) is 0. The molecular weight excluding hydrogens is 315 g/mol. The van der Waals surface area contributed by atoms with Crippen LogP contribution in [0, 0.1) is 5.82 Å². The third kappa shape index (κ3) is 2.77. The summed E-state index contributed by atoms with van der Waals surface area (Å²) in [4.78, 5) is 4.12. The van der Waals surface area contributed by atoms with Gasteiger partial charge in [0.25, 0.3) is 5.22 Å². The Hall–Kier alpha value is -1.92. The SMILES string of the molecule is Nc1ccc2nc(S(=O)Cc3cccc(Cl)c3F)oc2c1. The van der Waals surface area contributed by atoms with E-state index in [0.29, 0.717) is 16.8 Å². The molecule has 7 heteroatoms. The van der Waals surface area contributed by atoms with E-state index in [4.69, 9.17) is 21.8 Å². The first-order valence-electron chi connectivity index (χ1n) is 6.02. The number of nitrogens with two attached hydrogens (primary N) is 1. The Morgan fingerprint density at radius 1 is 1.33 bits per heavy atom. The number of anilines is 1. The molecule has 3 aromatic rings. The summed E-state index contributed by atoms with van der Waals surface area (Å²) in [6.45, 7) is 0. The number of oxazole rings is 1. The van der Waals surface area contributed by atoms with Crippen molar-refractivity contribution in [2.75, 3.05) is 5.73 Å². The average Bonchev–Trinajstić information content (AvgIpc) is 2.87. The molecule has 1 atom stereocenters. The Balaban J connectivity index is 1.91. The first-order chi connectivity index (χ1) is 10.0. The zero-order valence-corrected chi connectivity index (χ0v) is 12.2. The molecule has 2 aromatic carbocycles. The fourth-order valence-corrected chi connectivity index (χ4v) is 3.09. The average molecular weight is 325 g/mol. The number of rotatable bonds is 3. The van der Waals surface area contributed by atoms with Crippen LogP contribution in [-0.2, 0) is 16.6 Å². The summed E-state index contributed by atoms with van der Waals surface area (Å²) >= 11 is 5.70. The number of benzene rings is 2. The van der Waals surface area contributed by atoms with Crippen molar-refractivity contribution in [3.8, 4) is 0 Å². The van der Waals surface area contributed by atoms with E-state index < -0.39 is 16.6 Å². The van der Waals surface area contributed by atoms with E-state index in [9.17, 15) is 8.60 Å². The van der Waals surface area contributed by atoms with Crippen LogP contribution in [0.3, 0.4) is 0 Å². The molecule has 3 rings (SSSR count). The van der Waals surface area contributed by atoms with Crippen LogP contribution in [-0.4, -0.2) is 9.19 Å². The Labute approximate surface area is 127 Å². The summed E-state index contributed by atoms with van der Waals surface area (Å²) in [5, 5.41) is 0.0322. The largest absolute Gasteiger partial charge is 0.430 e. The highest BCUT2D eigenvalue weighted by Gasteiger charge is 2.16. The molecule has 0 fully saturated rings. The van der Waals surface area contributed by atoms with Gasteiger partial charge < -0.3 is 10.2 Å². The Morgan fingerprint density at radius 3 is 2.95 bits per heavy atom. The zero-order valence-electron chi connectivity index (χ0n) is 10.7. The second-order valence-electron chi connectivity index (χ2n) is 4.41. The minimum absolute atomic E-state index is 0.00478. The van der Waals surface area contributed by atoms with Gasteiger partial charge >= 0.3 is 0 Å². The van der Waals surface area contributed by atoms with Gasteiger partial charge in [-0.1, -0.05) is 23.7 Å². The molecule has 0 amide bonds. The van der Waals surface area contributed by atoms with E-state index in [1.165, 1.54) is 12.1 Å². The first-order valence-corrected chi connectivity index (χ1v) is 7.71. The summed E-state index contributed by atoms with van der Waals surface area (Å²) in [6, 6.07) is 9.52.